The van der Waals surface area contributed by atoms with Crippen LogP contribution in [0.2, 0.25) is 0 Å². The molecule has 1 aliphatic carbocycles. The molecule has 0 aromatic carbocycles. The molecule has 0 amide bonds. The SMILES string of the molecule is CCOCC=COC(=O)C1CC1. The largest absolute Gasteiger partial charge is 0.435 e. The summed E-state index contributed by atoms with van der Waals surface area (Å²) in [4.78, 5) is 10.9. The minimum absolute atomic E-state index is 0.109. The Bertz CT molecular complexity index is 171. The van der Waals surface area contributed by atoms with Gasteiger partial charge in [-0.2, -0.15) is 0 Å². The van der Waals surface area contributed by atoms with Gasteiger partial charge in [0.1, 0.15) is 0 Å². The number of hydrogen-bond donors (Lipinski definition) is 0. The van der Waals surface area contributed by atoms with E-state index in [1.165, 1.54) is 6.26 Å². The maximum atomic E-state index is 10.9. The molecule has 0 unspecified atom stereocenters. The van der Waals surface area contributed by atoms with Crippen molar-refractivity contribution in [2.45, 2.75) is 19.8 Å². The first-order valence-electron chi connectivity index (χ1n) is 4.28. The number of hydrogen-bond acceptors (Lipinski definition) is 3. The van der Waals surface area contributed by atoms with Crippen molar-refractivity contribution in [3.63, 3.8) is 0 Å². The van der Waals surface area contributed by atoms with Gasteiger partial charge in [0.2, 0.25) is 0 Å². The van der Waals surface area contributed by atoms with Crippen molar-refractivity contribution in [2.24, 2.45) is 5.92 Å². The molecule has 0 radical (unpaired) electrons. The summed E-state index contributed by atoms with van der Waals surface area (Å²) in [6, 6.07) is 0. The molecule has 0 N–H and O–H groups in total. The van der Waals surface area contributed by atoms with E-state index < -0.39 is 0 Å². The highest BCUT2D eigenvalue weighted by atomic mass is 16.5. The van der Waals surface area contributed by atoms with Crippen LogP contribution in [-0.2, 0) is 14.3 Å². The maximum Gasteiger partial charge on any atom is 0.313 e. The Hall–Kier alpha value is -0.830. The van der Waals surface area contributed by atoms with Crippen molar-refractivity contribution in [3.8, 4) is 0 Å². The fourth-order valence-corrected chi connectivity index (χ4v) is 0.756. The Balaban J connectivity index is 1.99. The summed E-state index contributed by atoms with van der Waals surface area (Å²) in [6.45, 7) is 3.11. The van der Waals surface area contributed by atoms with Crippen LogP contribution in [0.25, 0.3) is 0 Å². The van der Waals surface area contributed by atoms with E-state index in [9.17, 15) is 4.79 Å². The van der Waals surface area contributed by atoms with E-state index in [-0.39, 0.29) is 11.9 Å². The number of carbonyl (C=O) groups is 1. The molecule has 3 heteroatoms. The Morgan fingerprint density at radius 1 is 1.58 bits per heavy atom. The Kier molecular flexibility index (Phi) is 3.80. The summed E-state index contributed by atoms with van der Waals surface area (Å²) >= 11 is 0. The smallest absolute Gasteiger partial charge is 0.313 e. The second kappa shape index (κ2) is 4.93. The van der Waals surface area contributed by atoms with Gasteiger partial charge in [0, 0.05) is 6.61 Å². The van der Waals surface area contributed by atoms with E-state index >= 15 is 0 Å². The lowest BCUT2D eigenvalue weighted by Crippen LogP contribution is -2.01. The molecule has 0 aromatic rings. The van der Waals surface area contributed by atoms with Crippen molar-refractivity contribution >= 4 is 5.97 Å². The van der Waals surface area contributed by atoms with Gasteiger partial charge in [-0.15, -0.1) is 0 Å². The topological polar surface area (TPSA) is 35.5 Å². The molecule has 12 heavy (non-hydrogen) atoms. The predicted octanol–water partition coefficient (Wildman–Crippen LogP) is 1.49. The fourth-order valence-electron chi connectivity index (χ4n) is 0.756. The Morgan fingerprint density at radius 3 is 2.92 bits per heavy atom. The van der Waals surface area contributed by atoms with Crippen LogP contribution in [0.1, 0.15) is 19.8 Å². The molecule has 3 nitrogen and oxygen atoms in total. The molecule has 68 valence electrons. The standard InChI is InChI=1S/C9H14O3/c1-2-11-6-3-7-12-9(10)8-4-5-8/h3,7-8H,2,4-6H2,1H3. The van der Waals surface area contributed by atoms with Crippen LogP contribution in [0.3, 0.4) is 0 Å². The van der Waals surface area contributed by atoms with E-state index in [1.807, 2.05) is 6.92 Å². The molecule has 0 aliphatic heterocycles. The number of rotatable bonds is 5. The number of ether oxygens (including phenoxy) is 2. The highest BCUT2D eigenvalue weighted by Crippen LogP contribution is 2.29. The van der Waals surface area contributed by atoms with E-state index in [4.69, 9.17) is 9.47 Å². The zero-order valence-electron chi connectivity index (χ0n) is 7.29. The average molecular weight is 170 g/mol. The predicted molar refractivity (Wildman–Crippen MR) is 44.4 cm³/mol. The van der Waals surface area contributed by atoms with E-state index in [1.54, 1.807) is 6.08 Å². The van der Waals surface area contributed by atoms with Crippen LogP contribution < -0.4 is 0 Å². The average Bonchev–Trinajstić information content (AvgIpc) is 2.86. The lowest BCUT2D eigenvalue weighted by atomic mass is 10.4. The van der Waals surface area contributed by atoms with Gasteiger partial charge in [-0.3, -0.25) is 4.79 Å². The number of carbonyl (C=O) groups excluding carboxylic acids is 1. The van der Waals surface area contributed by atoms with E-state index in [2.05, 4.69) is 0 Å². The van der Waals surface area contributed by atoms with Gasteiger partial charge in [-0.05, 0) is 25.8 Å². The minimum atomic E-state index is -0.109. The zero-order valence-corrected chi connectivity index (χ0v) is 7.29. The summed E-state index contributed by atoms with van der Waals surface area (Å²) in [5, 5.41) is 0. The Morgan fingerprint density at radius 2 is 2.33 bits per heavy atom. The monoisotopic (exact) mass is 170 g/mol. The summed E-state index contributed by atoms with van der Waals surface area (Å²) in [7, 11) is 0. The summed E-state index contributed by atoms with van der Waals surface area (Å²) in [6.07, 6.45) is 5.08. The number of esters is 1. The molecule has 0 heterocycles. The van der Waals surface area contributed by atoms with Crippen molar-refractivity contribution in [1.82, 2.24) is 0 Å². The van der Waals surface area contributed by atoms with Gasteiger partial charge < -0.3 is 9.47 Å². The highest BCUT2D eigenvalue weighted by Gasteiger charge is 2.30. The lowest BCUT2D eigenvalue weighted by Gasteiger charge is -1.95. The normalized spacial score (nSPS) is 16.8. The first-order chi connectivity index (χ1) is 5.84. The molecule has 1 fully saturated rings. The molecule has 1 aliphatic rings. The molecular formula is C9H14O3. The lowest BCUT2D eigenvalue weighted by molar-refractivity contribution is -0.139. The molecule has 0 atom stereocenters. The van der Waals surface area contributed by atoms with Crippen molar-refractivity contribution < 1.29 is 14.3 Å². The van der Waals surface area contributed by atoms with E-state index in [0.717, 1.165) is 12.8 Å². The molecule has 0 aromatic heterocycles. The molecule has 0 saturated heterocycles. The van der Waals surface area contributed by atoms with E-state index in [0.29, 0.717) is 13.2 Å². The third kappa shape index (κ3) is 3.53. The fraction of sp³-hybridized carbons (Fsp3) is 0.667. The van der Waals surface area contributed by atoms with Crippen LogP contribution >= 0.6 is 0 Å². The van der Waals surface area contributed by atoms with Crippen molar-refractivity contribution in [2.75, 3.05) is 13.2 Å². The van der Waals surface area contributed by atoms with Crippen LogP contribution in [-0.4, -0.2) is 19.2 Å². The zero-order chi connectivity index (χ0) is 8.81. The molecule has 0 spiro atoms. The maximum absolute atomic E-state index is 10.9. The van der Waals surface area contributed by atoms with Gasteiger partial charge in [0.15, 0.2) is 0 Å². The first kappa shape index (κ1) is 9.26. The second-order valence-corrected chi connectivity index (χ2v) is 2.74. The van der Waals surface area contributed by atoms with Gasteiger partial charge in [0.25, 0.3) is 0 Å². The first-order valence-corrected chi connectivity index (χ1v) is 4.28. The third-order valence-corrected chi connectivity index (χ3v) is 1.61. The van der Waals surface area contributed by atoms with Crippen LogP contribution in [0, 0.1) is 5.92 Å². The summed E-state index contributed by atoms with van der Waals surface area (Å²) in [5.74, 6) is 0.0597. The minimum Gasteiger partial charge on any atom is -0.435 e. The highest BCUT2D eigenvalue weighted by molar-refractivity contribution is 5.75. The Labute approximate surface area is 72.4 Å². The van der Waals surface area contributed by atoms with Gasteiger partial charge in [0.05, 0.1) is 18.8 Å². The van der Waals surface area contributed by atoms with Gasteiger partial charge in [-0.25, -0.2) is 0 Å². The van der Waals surface area contributed by atoms with Crippen molar-refractivity contribution in [1.29, 1.82) is 0 Å². The molecule has 1 saturated carbocycles. The van der Waals surface area contributed by atoms with Gasteiger partial charge in [-0.1, -0.05) is 0 Å². The quantitative estimate of drug-likeness (QED) is 0.356. The summed E-state index contributed by atoms with van der Waals surface area (Å²) in [5.41, 5.74) is 0. The van der Waals surface area contributed by atoms with Gasteiger partial charge >= 0.3 is 5.97 Å². The van der Waals surface area contributed by atoms with Crippen LogP contribution in [0.15, 0.2) is 12.3 Å². The molecule has 1 rings (SSSR count). The second-order valence-electron chi connectivity index (χ2n) is 2.74. The summed E-state index contributed by atoms with van der Waals surface area (Å²) < 4.78 is 9.83. The molecular weight excluding hydrogens is 156 g/mol. The third-order valence-electron chi connectivity index (χ3n) is 1.61. The van der Waals surface area contributed by atoms with Crippen LogP contribution in [0.5, 0.6) is 0 Å². The van der Waals surface area contributed by atoms with Crippen molar-refractivity contribution in [3.05, 3.63) is 12.3 Å². The van der Waals surface area contributed by atoms with Crippen LogP contribution in [0.4, 0.5) is 0 Å². The molecule has 0 bridgehead atoms.